The lowest BCUT2D eigenvalue weighted by molar-refractivity contribution is -0.156. The molecule has 268 valence electrons. The number of amides is 2. The van der Waals surface area contributed by atoms with Crippen LogP contribution in [0.15, 0.2) is 96.0 Å². The summed E-state index contributed by atoms with van der Waals surface area (Å²) in [6.07, 6.45) is -0.139. The second-order valence-corrected chi connectivity index (χ2v) is 18.4. The first-order valence-electron chi connectivity index (χ1n) is 17.0. The van der Waals surface area contributed by atoms with Gasteiger partial charge >= 0.3 is 12.1 Å². The number of hydrogen-bond acceptors (Lipinski definition) is 8. The highest BCUT2D eigenvalue weighted by Crippen LogP contribution is 2.37. The van der Waals surface area contributed by atoms with Crippen molar-refractivity contribution in [2.75, 3.05) is 27.4 Å². The smallest absolute Gasteiger partial charge is 0.408 e. The van der Waals surface area contributed by atoms with Crippen molar-refractivity contribution >= 4 is 42.6 Å². The zero-order valence-corrected chi connectivity index (χ0v) is 31.5. The minimum Gasteiger partial charge on any atom is -0.476 e. The van der Waals surface area contributed by atoms with E-state index in [0.29, 0.717) is 13.0 Å². The zero-order chi connectivity index (χ0) is 36.5. The van der Waals surface area contributed by atoms with E-state index in [0.717, 1.165) is 5.56 Å². The monoisotopic (exact) mass is 701 g/mol. The average Bonchev–Trinajstić information content (AvgIpc) is 3.52. The van der Waals surface area contributed by atoms with E-state index < -0.39 is 43.9 Å². The lowest BCUT2D eigenvalue weighted by Gasteiger charge is -2.43. The quantitative estimate of drug-likeness (QED) is 0.184. The molecule has 11 heteroatoms. The third kappa shape index (κ3) is 8.62. The van der Waals surface area contributed by atoms with E-state index in [1.165, 1.54) is 22.4 Å². The number of benzene rings is 3. The van der Waals surface area contributed by atoms with E-state index >= 15 is 0 Å². The maximum atomic E-state index is 14.0. The van der Waals surface area contributed by atoms with E-state index in [-0.39, 0.29) is 30.1 Å². The molecule has 0 unspecified atom stereocenters. The van der Waals surface area contributed by atoms with E-state index in [1.54, 1.807) is 20.9 Å². The van der Waals surface area contributed by atoms with Gasteiger partial charge in [0.05, 0.1) is 7.11 Å². The van der Waals surface area contributed by atoms with Gasteiger partial charge in [-0.1, -0.05) is 119 Å². The highest BCUT2D eigenvalue weighted by molar-refractivity contribution is 6.99. The number of nitrogens with zero attached hydrogens (tertiary/aromatic N) is 2. The van der Waals surface area contributed by atoms with Crippen molar-refractivity contribution in [2.45, 2.75) is 77.2 Å². The Morgan fingerprint density at radius 2 is 1.48 bits per heavy atom. The molecule has 2 amide bonds. The minimum absolute atomic E-state index is 0.0458. The van der Waals surface area contributed by atoms with Gasteiger partial charge in [-0.3, -0.25) is 4.79 Å². The van der Waals surface area contributed by atoms with Crippen LogP contribution in [0.1, 0.15) is 53.5 Å². The van der Waals surface area contributed by atoms with Crippen LogP contribution in [0.25, 0.3) is 0 Å². The summed E-state index contributed by atoms with van der Waals surface area (Å²) in [5, 5.41) is 4.84. The molecule has 3 aromatic carbocycles. The minimum atomic E-state index is -2.79. The largest absolute Gasteiger partial charge is 0.476 e. The fourth-order valence-electron chi connectivity index (χ4n) is 6.57. The zero-order valence-electron chi connectivity index (χ0n) is 30.5. The SMILES string of the molecule is COC(=O)[C@H]([C@@H](C)CCO[Si](c1ccccc1)(c1ccccc1)C(C)(C)C)N(C)C(=O)[C@]1(C)COC([C@H](C)NC(=O)OCc2ccccc2)=N1. The Kier molecular flexibility index (Phi) is 12.6. The van der Waals surface area contributed by atoms with Crippen LogP contribution in [0.4, 0.5) is 4.79 Å². The van der Waals surface area contributed by atoms with Gasteiger partial charge in [-0.15, -0.1) is 0 Å². The number of rotatable bonds is 14. The molecule has 3 aromatic rings. The van der Waals surface area contributed by atoms with Crippen molar-refractivity contribution in [1.29, 1.82) is 0 Å². The molecule has 0 radical (unpaired) electrons. The second-order valence-electron chi connectivity index (χ2n) is 14.1. The van der Waals surface area contributed by atoms with Crippen LogP contribution in [0, 0.1) is 5.92 Å². The van der Waals surface area contributed by atoms with Crippen LogP contribution in [0.2, 0.25) is 5.04 Å². The summed E-state index contributed by atoms with van der Waals surface area (Å²) < 4.78 is 23.4. The molecule has 0 aliphatic carbocycles. The molecule has 1 aliphatic heterocycles. The Labute approximate surface area is 297 Å². The van der Waals surface area contributed by atoms with E-state index in [1.807, 2.05) is 73.7 Å². The Hall–Kier alpha value is -4.48. The molecule has 50 heavy (non-hydrogen) atoms. The van der Waals surface area contributed by atoms with Crippen molar-refractivity contribution in [1.82, 2.24) is 10.2 Å². The molecule has 4 atom stereocenters. The first-order valence-corrected chi connectivity index (χ1v) is 18.9. The van der Waals surface area contributed by atoms with Crippen LogP contribution < -0.4 is 15.7 Å². The van der Waals surface area contributed by atoms with Crippen molar-refractivity contribution in [3.05, 3.63) is 96.6 Å². The molecule has 0 fully saturated rings. The van der Waals surface area contributed by atoms with E-state index in [4.69, 9.17) is 18.6 Å². The number of likely N-dealkylation sites (N-methyl/N-ethyl adjacent to an activating group) is 1. The molecule has 1 N–H and O–H groups in total. The number of methoxy groups -OCH3 is 1. The van der Waals surface area contributed by atoms with Crippen LogP contribution in [-0.2, 0) is 34.8 Å². The molecular formula is C39H51N3O7Si. The van der Waals surface area contributed by atoms with Crippen molar-refractivity contribution in [3.63, 3.8) is 0 Å². The fourth-order valence-corrected chi connectivity index (χ4v) is 11.2. The number of alkyl carbamates (subject to hydrolysis) is 1. The highest BCUT2D eigenvalue weighted by Gasteiger charge is 2.50. The first-order chi connectivity index (χ1) is 23.7. The number of carbonyl (C=O) groups is 3. The maximum absolute atomic E-state index is 14.0. The summed E-state index contributed by atoms with van der Waals surface area (Å²) in [5.74, 6) is -1.04. The number of hydrogen-bond donors (Lipinski definition) is 1. The summed E-state index contributed by atoms with van der Waals surface area (Å²) >= 11 is 0. The highest BCUT2D eigenvalue weighted by atomic mass is 28.4. The molecule has 1 aliphatic rings. The predicted octanol–water partition coefficient (Wildman–Crippen LogP) is 5.09. The van der Waals surface area contributed by atoms with Crippen molar-refractivity contribution in [3.8, 4) is 0 Å². The van der Waals surface area contributed by atoms with Crippen LogP contribution >= 0.6 is 0 Å². The van der Waals surface area contributed by atoms with E-state index in [2.05, 4.69) is 55.3 Å². The molecule has 0 spiro atoms. The molecule has 0 aromatic heterocycles. The number of nitrogens with one attached hydrogen (secondary N) is 1. The number of ether oxygens (including phenoxy) is 3. The van der Waals surface area contributed by atoms with Crippen LogP contribution in [0.5, 0.6) is 0 Å². The van der Waals surface area contributed by atoms with Crippen molar-refractivity contribution < 1.29 is 33.0 Å². The Balaban J connectivity index is 1.46. The fraction of sp³-hybridized carbons (Fsp3) is 0.436. The molecule has 0 saturated carbocycles. The first kappa shape index (κ1) is 38.3. The lowest BCUT2D eigenvalue weighted by Crippen LogP contribution is -2.66. The normalized spacial score (nSPS) is 17.8. The van der Waals surface area contributed by atoms with Gasteiger partial charge in [0.25, 0.3) is 14.2 Å². The molecule has 1 heterocycles. The average molecular weight is 702 g/mol. The number of carbonyl (C=O) groups excluding carboxylic acids is 3. The topological polar surface area (TPSA) is 116 Å². The molecule has 10 nitrogen and oxygen atoms in total. The molecular weight excluding hydrogens is 651 g/mol. The standard InChI is InChI=1S/C39H51N3O7Si/c1-28(24-25-49-50(38(3,4)5,31-20-14-10-15-21-31)32-22-16-11-17-23-32)33(35(43)46-8)42(7)36(44)39(6)27-48-34(41-39)29(2)40-37(45)47-26-30-18-12-9-13-19-30/h9-23,28-29,33H,24-27H2,1-8H3,(H,40,45)/t28-,29-,33-,39-/m0/s1. The van der Waals surface area contributed by atoms with Crippen molar-refractivity contribution in [2.24, 2.45) is 10.9 Å². The predicted molar refractivity (Wildman–Crippen MR) is 197 cm³/mol. The van der Waals surface area contributed by atoms with Gasteiger partial charge in [-0.05, 0) is 47.2 Å². The van der Waals surface area contributed by atoms with Gasteiger partial charge < -0.3 is 28.9 Å². The lowest BCUT2D eigenvalue weighted by atomic mass is 9.94. The van der Waals surface area contributed by atoms with Gasteiger partial charge in [0.1, 0.15) is 25.3 Å². The number of esters is 1. The Morgan fingerprint density at radius 3 is 2.00 bits per heavy atom. The number of aliphatic imine (C=N–C) groups is 1. The van der Waals surface area contributed by atoms with Gasteiger partial charge in [0, 0.05) is 13.7 Å². The summed E-state index contributed by atoms with van der Waals surface area (Å²) in [6.45, 7) is 12.4. The maximum Gasteiger partial charge on any atom is 0.408 e. The van der Waals surface area contributed by atoms with Crippen LogP contribution in [-0.4, -0.2) is 82.1 Å². The molecule has 4 rings (SSSR count). The van der Waals surface area contributed by atoms with Crippen LogP contribution in [0.3, 0.4) is 0 Å². The summed E-state index contributed by atoms with van der Waals surface area (Å²) in [5.41, 5.74) is -0.458. The van der Waals surface area contributed by atoms with E-state index in [9.17, 15) is 14.4 Å². The van der Waals surface area contributed by atoms with Gasteiger partial charge in [0.2, 0.25) is 5.90 Å². The van der Waals surface area contributed by atoms with Gasteiger partial charge in [0.15, 0.2) is 5.54 Å². The third-order valence-corrected chi connectivity index (χ3v) is 14.3. The second kappa shape index (κ2) is 16.5. The summed E-state index contributed by atoms with van der Waals surface area (Å²) in [6, 6.07) is 28.5. The summed E-state index contributed by atoms with van der Waals surface area (Å²) in [4.78, 5) is 45.7. The Morgan fingerprint density at radius 1 is 0.940 bits per heavy atom. The molecule has 0 saturated heterocycles. The Bertz CT molecular complexity index is 1580. The van der Waals surface area contributed by atoms with Gasteiger partial charge in [-0.2, -0.15) is 0 Å². The van der Waals surface area contributed by atoms with Gasteiger partial charge in [-0.25, -0.2) is 14.6 Å². The molecule has 0 bridgehead atoms. The third-order valence-electron chi connectivity index (χ3n) is 9.26. The summed E-state index contributed by atoms with van der Waals surface area (Å²) in [7, 11) is 0.116.